The monoisotopic (exact) mass is 362 g/mol. The molecule has 0 radical (unpaired) electrons. The van der Waals surface area contributed by atoms with Crippen LogP contribution in [0.25, 0.3) is 0 Å². The maximum Gasteiger partial charge on any atom is 0.248 e. The molecule has 1 N–H and O–H groups in total. The largest absolute Gasteiger partial charge is 0.372 e. The van der Waals surface area contributed by atoms with E-state index >= 15 is 0 Å². The second-order valence-electron chi connectivity index (χ2n) is 7.34. The normalized spacial score (nSPS) is 19.1. The van der Waals surface area contributed by atoms with E-state index < -0.39 is 0 Å². The van der Waals surface area contributed by atoms with Gasteiger partial charge in [0, 0.05) is 31.2 Å². The van der Waals surface area contributed by atoms with E-state index in [1.807, 2.05) is 24.7 Å². The molecule has 0 aromatic carbocycles. The molecule has 1 saturated carbocycles. The van der Waals surface area contributed by atoms with Crippen LogP contribution in [0.15, 0.2) is 6.20 Å². The molecule has 7 heteroatoms. The van der Waals surface area contributed by atoms with Gasteiger partial charge >= 0.3 is 0 Å². The average molecular weight is 362 g/mol. The number of amides is 2. The van der Waals surface area contributed by atoms with Crippen molar-refractivity contribution in [3.8, 4) is 0 Å². The molecule has 1 saturated heterocycles. The fraction of sp³-hybridized carbons (Fsp3) is 0.737. The number of likely N-dealkylation sites (tertiary alicyclic amines) is 1. The molecule has 0 atom stereocenters. The summed E-state index contributed by atoms with van der Waals surface area (Å²) in [5.74, 6) is 0.847. The highest BCUT2D eigenvalue weighted by Gasteiger charge is 2.29. The van der Waals surface area contributed by atoms with Crippen LogP contribution in [0.4, 0.5) is 5.82 Å². The quantitative estimate of drug-likeness (QED) is 0.844. The number of rotatable bonds is 6. The van der Waals surface area contributed by atoms with Gasteiger partial charge in [-0.15, -0.1) is 0 Å². The first-order valence-corrected chi connectivity index (χ1v) is 9.80. The van der Waals surface area contributed by atoms with Crippen LogP contribution in [-0.4, -0.2) is 52.8 Å². The maximum absolute atomic E-state index is 12.8. The highest BCUT2D eigenvalue weighted by molar-refractivity contribution is 5.92. The molecule has 1 aromatic heterocycles. The van der Waals surface area contributed by atoms with E-state index in [1.165, 1.54) is 12.8 Å². The number of carbonyl (C=O) groups is 2. The molecule has 7 nitrogen and oxygen atoms in total. The van der Waals surface area contributed by atoms with Gasteiger partial charge < -0.3 is 15.0 Å². The highest BCUT2D eigenvalue weighted by Crippen LogP contribution is 2.33. The van der Waals surface area contributed by atoms with Gasteiger partial charge in [-0.25, -0.2) is 4.68 Å². The molecule has 2 aliphatic rings. The molecule has 2 amide bonds. The number of hydrogen-bond donors (Lipinski definition) is 1. The predicted molar refractivity (Wildman–Crippen MR) is 98.9 cm³/mol. The van der Waals surface area contributed by atoms with Crippen molar-refractivity contribution in [2.24, 2.45) is 5.92 Å². The van der Waals surface area contributed by atoms with Gasteiger partial charge in [-0.1, -0.05) is 12.8 Å². The predicted octanol–water partition coefficient (Wildman–Crippen LogP) is 2.52. The van der Waals surface area contributed by atoms with E-state index in [0.717, 1.165) is 24.2 Å². The molecule has 0 unspecified atom stereocenters. The second kappa shape index (κ2) is 8.66. The van der Waals surface area contributed by atoms with Gasteiger partial charge in [0.2, 0.25) is 11.8 Å². The number of piperidine rings is 1. The Balaban J connectivity index is 1.55. The number of nitrogens with zero attached hydrogens (tertiary/aromatic N) is 3. The van der Waals surface area contributed by atoms with Crippen LogP contribution < -0.4 is 5.32 Å². The van der Waals surface area contributed by atoms with Crippen molar-refractivity contribution >= 4 is 17.6 Å². The summed E-state index contributed by atoms with van der Waals surface area (Å²) >= 11 is 0. The fourth-order valence-electron chi connectivity index (χ4n) is 3.92. The van der Waals surface area contributed by atoms with Gasteiger partial charge in [-0.2, -0.15) is 5.10 Å². The van der Waals surface area contributed by atoms with Gasteiger partial charge in [0.15, 0.2) is 0 Å². The number of anilines is 1. The number of aromatic nitrogens is 2. The van der Waals surface area contributed by atoms with Crippen molar-refractivity contribution in [1.82, 2.24) is 14.7 Å². The molecule has 1 aliphatic carbocycles. The van der Waals surface area contributed by atoms with Crippen LogP contribution in [0.5, 0.6) is 0 Å². The summed E-state index contributed by atoms with van der Waals surface area (Å²) < 4.78 is 7.19. The summed E-state index contributed by atoms with van der Waals surface area (Å²) in [6.45, 7) is 5.77. The van der Waals surface area contributed by atoms with Crippen LogP contribution in [0, 0.1) is 12.8 Å². The first-order valence-electron chi connectivity index (χ1n) is 9.80. The van der Waals surface area contributed by atoms with Gasteiger partial charge in [-0.05, 0) is 39.5 Å². The summed E-state index contributed by atoms with van der Waals surface area (Å²) in [6, 6.07) is 0.400. The van der Waals surface area contributed by atoms with Crippen LogP contribution in [-0.2, 0) is 14.3 Å². The molecule has 0 spiro atoms. The SMILES string of the molecule is CCOCC(=O)N1CCC(C(=O)Nc2c(C)cnn2C2CCCC2)CC1. The molecule has 144 valence electrons. The molecule has 2 heterocycles. The standard InChI is InChI=1S/C19H30N4O3/c1-3-26-13-17(24)22-10-8-15(9-11-22)19(25)21-18-14(2)12-20-23(18)16-6-4-5-7-16/h12,15-16H,3-11,13H2,1-2H3,(H,21,25). The fourth-order valence-corrected chi connectivity index (χ4v) is 3.92. The van der Waals surface area contributed by atoms with Gasteiger partial charge in [-0.3, -0.25) is 9.59 Å². The third kappa shape index (κ3) is 4.26. The molecule has 2 fully saturated rings. The van der Waals surface area contributed by atoms with E-state index in [-0.39, 0.29) is 24.3 Å². The van der Waals surface area contributed by atoms with Crippen molar-refractivity contribution in [3.63, 3.8) is 0 Å². The van der Waals surface area contributed by atoms with E-state index in [9.17, 15) is 9.59 Å². The zero-order valence-electron chi connectivity index (χ0n) is 15.9. The zero-order chi connectivity index (χ0) is 18.5. The van der Waals surface area contributed by atoms with Crippen LogP contribution >= 0.6 is 0 Å². The molecule has 3 rings (SSSR count). The Bertz CT molecular complexity index is 629. The van der Waals surface area contributed by atoms with Crippen molar-refractivity contribution < 1.29 is 14.3 Å². The molecule has 1 aromatic rings. The number of hydrogen-bond acceptors (Lipinski definition) is 4. The number of ether oxygens (including phenoxy) is 1. The van der Waals surface area contributed by atoms with E-state index in [1.54, 1.807) is 4.90 Å². The minimum absolute atomic E-state index is 0.0147. The topological polar surface area (TPSA) is 76.5 Å². The number of carbonyl (C=O) groups excluding carboxylic acids is 2. The smallest absolute Gasteiger partial charge is 0.248 e. The lowest BCUT2D eigenvalue weighted by atomic mass is 9.96. The van der Waals surface area contributed by atoms with Crippen LogP contribution in [0.3, 0.4) is 0 Å². The summed E-state index contributed by atoms with van der Waals surface area (Å²) in [7, 11) is 0. The Labute approximate surface area is 155 Å². The summed E-state index contributed by atoms with van der Waals surface area (Å²) in [4.78, 5) is 26.6. The van der Waals surface area contributed by atoms with Gasteiger partial charge in [0.1, 0.15) is 12.4 Å². The molecular weight excluding hydrogens is 332 g/mol. The lowest BCUT2D eigenvalue weighted by Crippen LogP contribution is -2.43. The highest BCUT2D eigenvalue weighted by atomic mass is 16.5. The van der Waals surface area contributed by atoms with E-state index in [2.05, 4.69) is 10.4 Å². The molecule has 1 aliphatic heterocycles. The van der Waals surface area contributed by atoms with Crippen molar-refractivity contribution in [3.05, 3.63) is 11.8 Å². The maximum atomic E-state index is 12.8. The first kappa shape index (κ1) is 18.9. The van der Waals surface area contributed by atoms with Crippen LogP contribution in [0.2, 0.25) is 0 Å². The third-order valence-corrected chi connectivity index (χ3v) is 5.54. The lowest BCUT2D eigenvalue weighted by molar-refractivity contribution is -0.138. The van der Waals surface area contributed by atoms with Crippen molar-refractivity contribution in [2.45, 2.75) is 58.4 Å². The van der Waals surface area contributed by atoms with E-state index in [4.69, 9.17) is 4.74 Å². The summed E-state index contributed by atoms with van der Waals surface area (Å²) in [5, 5.41) is 7.61. The molecule has 26 heavy (non-hydrogen) atoms. The molecule has 0 bridgehead atoms. The number of aryl methyl sites for hydroxylation is 1. The van der Waals surface area contributed by atoms with Crippen molar-refractivity contribution in [1.29, 1.82) is 0 Å². The molecular formula is C19H30N4O3. The summed E-state index contributed by atoms with van der Waals surface area (Å²) in [6.07, 6.45) is 7.94. The third-order valence-electron chi connectivity index (χ3n) is 5.54. The Morgan fingerprint density at radius 2 is 1.92 bits per heavy atom. The summed E-state index contributed by atoms with van der Waals surface area (Å²) in [5.41, 5.74) is 1.01. The Kier molecular flexibility index (Phi) is 6.29. The minimum atomic E-state index is -0.0579. The van der Waals surface area contributed by atoms with Gasteiger partial charge in [0.25, 0.3) is 0 Å². The second-order valence-corrected chi connectivity index (χ2v) is 7.34. The Hall–Kier alpha value is -1.89. The zero-order valence-corrected chi connectivity index (χ0v) is 15.9. The Morgan fingerprint density at radius 3 is 2.58 bits per heavy atom. The number of nitrogens with one attached hydrogen (secondary N) is 1. The van der Waals surface area contributed by atoms with Crippen molar-refractivity contribution in [2.75, 3.05) is 31.6 Å². The lowest BCUT2D eigenvalue weighted by Gasteiger charge is -2.31. The minimum Gasteiger partial charge on any atom is -0.372 e. The first-order chi connectivity index (χ1) is 12.6. The van der Waals surface area contributed by atoms with Crippen LogP contribution in [0.1, 0.15) is 57.1 Å². The average Bonchev–Trinajstić information content (AvgIpc) is 3.30. The Morgan fingerprint density at radius 1 is 1.23 bits per heavy atom. The van der Waals surface area contributed by atoms with E-state index in [0.29, 0.717) is 38.6 Å². The van der Waals surface area contributed by atoms with Gasteiger partial charge in [0.05, 0.1) is 12.2 Å².